The zero-order chi connectivity index (χ0) is 22.2. The smallest absolute Gasteiger partial charge is 0.343 e. The highest BCUT2D eigenvalue weighted by atomic mass is 16.5. The van der Waals surface area contributed by atoms with Crippen molar-refractivity contribution < 1.29 is 19.1 Å². The molecule has 0 radical (unpaired) electrons. The molecule has 0 bridgehead atoms. The SMILES string of the molecule is CCCCCC[C@H](C)C(=O)Oc1ccc(C(=O)Oc2ccc3c(c2)CCC(C)C3)cc1. The third-order valence-electron chi connectivity index (χ3n) is 6.06. The highest BCUT2D eigenvalue weighted by Gasteiger charge is 2.18. The fraction of sp³-hybridized carbons (Fsp3) is 0.481. The van der Waals surface area contributed by atoms with Gasteiger partial charge in [-0.25, -0.2) is 4.79 Å². The number of benzene rings is 2. The maximum atomic E-state index is 12.5. The van der Waals surface area contributed by atoms with E-state index in [1.54, 1.807) is 24.3 Å². The molecule has 1 unspecified atom stereocenters. The van der Waals surface area contributed by atoms with Crippen LogP contribution in [-0.2, 0) is 17.6 Å². The molecule has 4 nitrogen and oxygen atoms in total. The van der Waals surface area contributed by atoms with Gasteiger partial charge in [-0.2, -0.15) is 0 Å². The molecule has 0 amide bonds. The Kier molecular flexibility index (Phi) is 8.27. The van der Waals surface area contributed by atoms with E-state index in [1.165, 1.54) is 30.4 Å². The molecule has 0 heterocycles. The molecule has 0 aliphatic heterocycles. The first-order chi connectivity index (χ1) is 15.0. The Hall–Kier alpha value is -2.62. The van der Waals surface area contributed by atoms with Crippen molar-refractivity contribution in [3.63, 3.8) is 0 Å². The maximum Gasteiger partial charge on any atom is 0.343 e. The fourth-order valence-corrected chi connectivity index (χ4v) is 4.01. The van der Waals surface area contributed by atoms with Gasteiger partial charge in [0.15, 0.2) is 0 Å². The maximum absolute atomic E-state index is 12.5. The van der Waals surface area contributed by atoms with Crippen molar-refractivity contribution in [1.29, 1.82) is 0 Å². The zero-order valence-electron chi connectivity index (χ0n) is 19.0. The summed E-state index contributed by atoms with van der Waals surface area (Å²) in [6.45, 7) is 6.34. The third kappa shape index (κ3) is 6.68. The number of carbonyl (C=O) groups is 2. The average Bonchev–Trinajstić information content (AvgIpc) is 2.77. The quantitative estimate of drug-likeness (QED) is 0.261. The van der Waals surface area contributed by atoms with Crippen LogP contribution in [-0.4, -0.2) is 11.9 Å². The summed E-state index contributed by atoms with van der Waals surface area (Å²) in [5, 5.41) is 0. The van der Waals surface area contributed by atoms with Gasteiger partial charge >= 0.3 is 11.9 Å². The topological polar surface area (TPSA) is 52.6 Å². The van der Waals surface area contributed by atoms with Gasteiger partial charge in [-0.1, -0.05) is 52.5 Å². The number of ether oxygens (including phenoxy) is 2. The van der Waals surface area contributed by atoms with E-state index in [4.69, 9.17) is 9.47 Å². The van der Waals surface area contributed by atoms with Crippen LogP contribution in [0.2, 0.25) is 0 Å². The van der Waals surface area contributed by atoms with Crippen LogP contribution in [0, 0.1) is 11.8 Å². The Morgan fingerprint density at radius 2 is 1.71 bits per heavy atom. The summed E-state index contributed by atoms with van der Waals surface area (Å²) in [6, 6.07) is 12.5. The third-order valence-corrected chi connectivity index (χ3v) is 6.06. The second kappa shape index (κ2) is 11.1. The molecule has 4 heteroatoms. The fourth-order valence-electron chi connectivity index (χ4n) is 4.01. The Morgan fingerprint density at radius 1 is 0.968 bits per heavy atom. The lowest BCUT2D eigenvalue weighted by atomic mass is 9.85. The summed E-state index contributed by atoms with van der Waals surface area (Å²) in [7, 11) is 0. The van der Waals surface area contributed by atoms with E-state index >= 15 is 0 Å². The minimum atomic E-state index is -0.411. The molecule has 0 spiro atoms. The van der Waals surface area contributed by atoms with Crippen molar-refractivity contribution in [3.05, 3.63) is 59.2 Å². The van der Waals surface area contributed by atoms with Crippen molar-refractivity contribution in [2.24, 2.45) is 11.8 Å². The number of fused-ring (bicyclic) bond motifs is 1. The summed E-state index contributed by atoms with van der Waals surface area (Å²) in [4.78, 5) is 24.8. The number of hydrogen-bond donors (Lipinski definition) is 0. The molecule has 0 saturated heterocycles. The lowest BCUT2D eigenvalue weighted by Gasteiger charge is -2.21. The van der Waals surface area contributed by atoms with Crippen LogP contribution >= 0.6 is 0 Å². The lowest BCUT2D eigenvalue weighted by Crippen LogP contribution is -2.18. The van der Waals surface area contributed by atoms with Gasteiger partial charge in [-0.05, 0) is 79.1 Å². The summed E-state index contributed by atoms with van der Waals surface area (Å²) in [6.07, 6.45) is 8.68. The first-order valence-corrected chi connectivity index (χ1v) is 11.6. The predicted molar refractivity (Wildman–Crippen MR) is 123 cm³/mol. The monoisotopic (exact) mass is 422 g/mol. The standard InChI is InChI=1S/C27H34O4/c1-4-5-6-7-8-20(3)26(28)30-24-14-11-21(12-15-24)27(29)31-25-16-13-22-17-19(2)9-10-23(22)18-25/h11-16,18-20H,4-10,17H2,1-3H3/t19?,20-/m0/s1. The molecular weight excluding hydrogens is 388 g/mol. The van der Waals surface area contributed by atoms with Gasteiger partial charge < -0.3 is 9.47 Å². The van der Waals surface area contributed by atoms with Crippen LogP contribution in [0.4, 0.5) is 0 Å². The molecule has 2 aromatic rings. The van der Waals surface area contributed by atoms with E-state index < -0.39 is 5.97 Å². The number of hydrogen-bond acceptors (Lipinski definition) is 4. The minimum Gasteiger partial charge on any atom is -0.426 e. The second-order valence-electron chi connectivity index (χ2n) is 8.86. The molecule has 1 aliphatic carbocycles. The van der Waals surface area contributed by atoms with Crippen molar-refractivity contribution in [2.75, 3.05) is 0 Å². The van der Waals surface area contributed by atoms with Gasteiger partial charge in [-0.3, -0.25) is 4.79 Å². The molecule has 0 saturated carbocycles. The second-order valence-corrected chi connectivity index (χ2v) is 8.86. The molecule has 2 aromatic carbocycles. The van der Waals surface area contributed by atoms with Crippen LogP contribution in [0.5, 0.6) is 11.5 Å². The van der Waals surface area contributed by atoms with Crippen molar-refractivity contribution in [3.8, 4) is 11.5 Å². The first kappa shape index (κ1) is 23.1. The molecule has 3 rings (SSSR count). The van der Waals surface area contributed by atoms with Gasteiger partial charge in [0.25, 0.3) is 0 Å². The lowest BCUT2D eigenvalue weighted by molar-refractivity contribution is -0.138. The molecule has 31 heavy (non-hydrogen) atoms. The Bertz CT molecular complexity index is 885. The van der Waals surface area contributed by atoms with E-state index in [-0.39, 0.29) is 11.9 Å². The first-order valence-electron chi connectivity index (χ1n) is 11.6. The van der Waals surface area contributed by atoms with Crippen LogP contribution in [0.15, 0.2) is 42.5 Å². The highest BCUT2D eigenvalue weighted by Crippen LogP contribution is 2.28. The highest BCUT2D eigenvalue weighted by molar-refractivity contribution is 5.91. The Labute approximate surface area is 186 Å². The summed E-state index contributed by atoms with van der Waals surface area (Å²) in [5.74, 6) is 0.961. The van der Waals surface area contributed by atoms with E-state index in [0.29, 0.717) is 23.0 Å². The summed E-state index contributed by atoms with van der Waals surface area (Å²) in [5.41, 5.74) is 3.05. The number of carbonyl (C=O) groups excluding carboxylic acids is 2. The molecular formula is C27H34O4. The van der Waals surface area contributed by atoms with Crippen LogP contribution < -0.4 is 9.47 Å². The van der Waals surface area contributed by atoms with E-state index in [1.807, 2.05) is 19.1 Å². The zero-order valence-corrected chi connectivity index (χ0v) is 19.0. The number of esters is 2. The van der Waals surface area contributed by atoms with Crippen molar-refractivity contribution in [1.82, 2.24) is 0 Å². The largest absolute Gasteiger partial charge is 0.426 e. The van der Waals surface area contributed by atoms with Gasteiger partial charge in [0.1, 0.15) is 11.5 Å². The van der Waals surface area contributed by atoms with Crippen LogP contribution in [0.3, 0.4) is 0 Å². The van der Waals surface area contributed by atoms with Gasteiger partial charge in [0.2, 0.25) is 0 Å². The van der Waals surface area contributed by atoms with Crippen molar-refractivity contribution in [2.45, 2.75) is 72.1 Å². The van der Waals surface area contributed by atoms with E-state index in [0.717, 1.165) is 32.1 Å². The average molecular weight is 423 g/mol. The van der Waals surface area contributed by atoms with Gasteiger partial charge in [0, 0.05) is 0 Å². The Balaban J connectivity index is 1.52. The molecule has 2 atom stereocenters. The summed E-state index contributed by atoms with van der Waals surface area (Å²) < 4.78 is 11.0. The van der Waals surface area contributed by atoms with E-state index in [2.05, 4.69) is 19.9 Å². The van der Waals surface area contributed by atoms with Gasteiger partial charge in [0.05, 0.1) is 11.5 Å². The minimum absolute atomic E-state index is 0.131. The van der Waals surface area contributed by atoms with Crippen molar-refractivity contribution >= 4 is 11.9 Å². The molecule has 1 aliphatic rings. The van der Waals surface area contributed by atoms with Gasteiger partial charge in [-0.15, -0.1) is 0 Å². The molecule has 166 valence electrons. The van der Waals surface area contributed by atoms with Crippen LogP contribution in [0.25, 0.3) is 0 Å². The predicted octanol–water partition coefficient (Wildman–Crippen LogP) is 6.54. The Morgan fingerprint density at radius 3 is 2.45 bits per heavy atom. The normalized spacial score (nSPS) is 16.3. The summed E-state index contributed by atoms with van der Waals surface area (Å²) >= 11 is 0. The molecule has 0 aromatic heterocycles. The molecule has 0 N–H and O–H groups in total. The number of aryl methyl sites for hydroxylation is 1. The van der Waals surface area contributed by atoms with Crippen LogP contribution in [0.1, 0.15) is 80.8 Å². The van der Waals surface area contributed by atoms with E-state index in [9.17, 15) is 9.59 Å². The number of rotatable bonds is 9. The number of unbranched alkanes of at least 4 members (excludes halogenated alkanes) is 3. The molecule has 0 fully saturated rings.